The van der Waals surface area contributed by atoms with Crippen LogP contribution in [0.5, 0.6) is 0 Å². The van der Waals surface area contributed by atoms with E-state index < -0.39 is 0 Å². The van der Waals surface area contributed by atoms with Crippen LogP contribution in [-0.4, -0.2) is 36.5 Å². The van der Waals surface area contributed by atoms with Crippen LogP contribution in [-0.2, 0) is 19.0 Å². The number of carbonyl (C=O) groups excluding carboxylic acids is 1. The van der Waals surface area contributed by atoms with Crippen molar-refractivity contribution in [2.24, 2.45) is 11.8 Å². The second kappa shape index (κ2) is 10.6. The predicted octanol–water partition coefficient (Wildman–Crippen LogP) is 5.95. The van der Waals surface area contributed by atoms with Crippen molar-refractivity contribution < 1.29 is 19.0 Å². The molecule has 0 amide bonds. The van der Waals surface area contributed by atoms with Crippen molar-refractivity contribution >= 4 is 5.97 Å². The van der Waals surface area contributed by atoms with E-state index in [0.717, 1.165) is 19.3 Å². The number of hydrogen-bond acceptors (Lipinski definition) is 4. The lowest BCUT2D eigenvalue weighted by atomic mass is 9.98. The lowest BCUT2D eigenvalue weighted by molar-refractivity contribution is -0.151. The Labute approximate surface area is 177 Å². The van der Waals surface area contributed by atoms with Gasteiger partial charge >= 0.3 is 5.97 Å². The largest absolute Gasteiger partial charge is 0.462 e. The molecule has 0 aromatic carbocycles. The summed E-state index contributed by atoms with van der Waals surface area (Å²) in [7, 11) is 0. The summed E-state index contributed by atoms with van der Waals surface area (Å²) in [6, 6.07) is 0. The van der Waals surface area contributed by atoms with Gasteiger partial charge in [0.2, 0.25) is 0 Å². The van der Waals surface area contributed by atoms with Crippen molar-refractivity contribution in [3.05, 3.63) is 0 Å². The molecular formula is C25H42O4. The predicted molar refractivity (Wildman–Crippen MR) is 114 cm³/mol. The Kier molecular flexibility index (Phi) is 7.91. The third-order valence-electron chi connectivity index (χ3n) is 7.72. The molecule has 0 radical (unpaired) electrons. The molecular weight excluding hydrogens is 364 g/mol. The molecule has 7 unspecified atom stereocenters. The summed E-state index contributed by atoms with van der Waals surface area (Å²) >= 11 is 0. The van der Waals surface area contributed by atoms with Crippen molar-refractivity contribution in [2.75, 3.05) is 0 Å². The van der Waals surface area contributed by atoms with E-state index in [9.17, 15) is 4.79 Å². The van der Waals surface area contributed by atoms with Gasteiger partial charge in [-0.25, -0.2) is 0 Å². The fourth-order valence-corrected chi connectivity index (χ4v) is 5.87. The van der Waals surface area contributed by atoms with Gasteiger partial charge in [-0.2, -0.15) is 0 Å². The van der Waals surface area contributed by atoms with E-state index in [1.165, 1.54) is 77.0 Å². The number of carbonyl (C=O) groups is 1. The second-order valence-corrected chi connectivity index (χ2v) is 10.1. The SMILES string of the molecule is CCCCCCCCC1OC1CCCCCCCC(=O)OC1CC2CC1C1OC21. The zero-order chi connectivity index (χ0) is 20.1. The molecule has 4 heteroatoms. The highest BCUT2D eigenvalue weighted by atomic mass is 16.6. The second-order valence-electron chi connectivity index (χ2n) is 10.1. The Hall–Kier alpha value is -0.610. The molecule has 0 aromatic rings. The van der Waals surface area contributed by atoms with E-state index in [0.29, 0.717) is 42.7 Å². The van der Waals surface area contributed by atoms with Crippen molar-refractivity contribution in [3.63, 3.8) is 0 Å². The van der Waals surface area contributed by atoms with Crippen LogP contribution in [0.2, 0.25) is 0 Å². The van der Waals surface area contributed by atoms with Crippen LogP contribution in [0.25, 0.3) is 0 Å². The molecule has 2 saturated heterocycles. The van der Waals surface area contributed by atoms with Gasteiger partial charge in [-0.15, -0.1) is 0 Å². The summed E-state index contributed by atoms with van der Waals surface area (Å²) in [6.45, 7) is 2.27. The topological polar surface area (TPSA) is 51.4 Å². The molecule has 2 bridgehead atoms. The number of hydrogen-bond donors (Lipinski definition) is 0. The molecule has 4 rings (SSSR count). The number of epoxide rings is 2. The first kappa shape index (κ1) is 21.6. The first-order valence-electron chi connectivity index (χ1n) is 12.8. The summed E-state index contributed by atoms with van der Waals surface area (Å²) in [4.78, 5) is 12.1. The Morgan fingerprint density at radius 3 is 2.10 bits per heavy atom. The van der Waals surface area contributed by atoms with Crippen LogP contribution in [0.3, 0.4) is 0 Å². The first-order valence-corrected chi connectivity index (χ1v) is 12.8. The van der Waals surface area contributed by atoms with Gasteiger partial charge in [0.1, 0.15) is 6.10 Å². The molecule has 0 N–H and O–H groups in total. The Balaban J connectivity index is 0.916. The lowest BCUT2D eigenvalue weighted by Gasteiger charge is -2.19. The quantitative estimate of drug-likeness (QED) is 0.180. The highest BCUT2D eigenvalue weighted by molar-refractivity contribution is 5.69. The average molecular weight is 407 g/mol. The summed E-state index contributed by atoms with van der Waals surface area (Å²) in [5.74, 6) is 1.19. The molecule has 4 fully saturated rings. The van der Waals surface area contributed by atoms with Gasteiger partial charge in [-0.05, 0) is 38.0 Å². The van der Waals surface area contributed by atoms with Crippen molar-refractivity contribution in [1.82, 2.24) is 0 Å². The molecule has 29 heavy (non-hydrogen) atoms. The summed E-state index contributed by atoms with van der Waals surface area (Å²) in [5, 5.41) is 0. The zero-order valence-corrected chi connectivity index (χ0v) is 18.5. The normalized spacial score (nSPS) is 36.2. The molecule has 4 aliphatic rings. The highest BCUT2D eigenvalue weighted by Gasteiger charge is 2.64. The maximum atomic E-state index is 12.1. The van der Waals surface area contributed by atoms with Gasteiger partial charge < -0.3 is 14.2 Å². The molecule has 2 aliphatic carbocycles. The van der Waals surface area contributed by atoms with E-state index in [1.54, 1.807) is 0 Å². The van der Waals surface area contributed by atoms with Gasteiger partial charge in [-0.3, -0.25) is 4.79 Å². The molecule has 7 atom stereocenters. The van der Waals surface area contributed by atoms with E-state index in [4.69, 9.17) is 14.2 Å². The molecule has 2 aliphatic heterocycles. The molecule has 0 aromatic heterocycles. The number of ether oxygens (including phenoxy) is 3. The smallest absolute Gasteiger partial charge is 0.306 e. The maximum Gasteiger partial charge on any atom is 0.306 e. The number of esters is 1. The standard InChI is InChI=1S/C25H42O4/c1-2-3-4-5-7-10-13-20-21(27-20)14-11-8-6-9-12-15-23(26)28-22-17-18-16-19(22)25-24(18)29-25/h18-22,24-25H,2-17H2,1H3. The Morgan fingerprint density at radius 1 is 0.793 bits per heavy atom. The Morgan fingerprint density at radius 2 is 1.45 bits per heavy atom. The molecule has 2 saturated carbocycles. The summed E-state index contributed by atoms with van der Waals surface area (Å²) in [5.41, 5.74) is 0. The minimum atomic E-state index is 0.0173. The van der Waals surface area contributed by atoms with E-state index in [-0.39, 0.29) is 12.1 Å². The molecule has 0 spiro atoms. The van der Waals surface area contributed by atoms with Gasteiger partial charge in [-0.1, -0.05) is 71.1 Å². The van der Waals surface area contributed by atoms with E-state index in [1.807, 2.05) is 0 Å². The van der Waals surface area contributed by atoms with Crippen LogP contribution < -0.4 is 0 Å². The fraction of sp³-hybridized carbons (Fsp3) is 0.960. The van der Waals surface area contributed by atoms with Gasteiger partial charge in [0.05, 0.1) is 24.4 Å². The maximum absolute atomic E-state index is 12.1. The average Bonchev–Trinajstić information content (AvgIpc) is 3.61. The monoisotopic (exact) mass is 406 g/mol. The van der Waals surface area contributed by atoms with Crippen LogP contribution in [0.1, 0.15) is 110 Å². The highest BCUT2D eigenvalue weighted by Crippen LogP contribution is 2.57. The van der Waals surface area contributed by atoms with Crippen LogP contribution in [0.15, 0.2) is 0 Å². The summed E-state index contributed by atoms with van der Waals surface area (Å²) < 4.78 is 17.2. The van der Waals surface area contributed by atoms with Gasteiger partial charge in [0.25, 0.3) is 0 Å². The molecule has 2 heterocycles. The van der Waals surface area contributed by atoms with Crippen LogP contribution >= 0.6 is 0 Å². The van der Waals surface area contributed by atoms with Gasteiger partial charge in [0.15, 0.2) is 0 Å². The third-order valence-corrected chi connectivity index (χ3v) is 7.72. The zero-order valence-electron chi connectivity index (χ0n) is 18.5. The molecule has 166 valence electrons. The van der Waals surface area contributed by atoms with Crippen molar-refractivity contribution in [3.8, 4) is 0 Å². The van der Waals surface area contributed by atoms with Crippen LogP contribution in [0, 0.1) is 11.8 Å². The lowest BCUT2D eigenvalue weighted by Crippen LogP contribution is -2.28. The van der Waals surface area contributed by atoms with E-state index >= 15 is 0 Å². The van der Waals surface area contributed by atoms with Crippen molar-refractivity contribution in [2.45, 2.75) is 140 Å². The number of unbranched alkanes of at least 4 members (excludes halogenated alkanes) is 9. The van der Waals surface area contributed by atoms with Gasteiger partial charge in [0, 0.05) is 12.3 Å². The number of fused-ring (bicyclic) bond motifs is 5. The minimum Gasteiger partial charge on any atom is -0.462 e. The van der Waals surface area contributed by atoms with Crippen molar-refractivity contribution in [1.29, 1.82) is 0 Å². The summed E-state index contributed by atoms with van der Waals surface area (Å²) in [6.07, 6.45) is 21.7. The third kappa shape index (κ3) is 6.19. The minimum absolute atomic E-state index is 0.0173. The fourth-order valence-electron chi connectivity index (χ4n) is 5.87. The first-order chi connectivity index (χ1) is 14.3. The number of rotatable bonds is 16. The van der Waals surface area contributed by atoms with E-state index in [2.05, 4.69) is 6.92 Å². The Bertz CT molecular complexity index is 521. The molecule has 4 nitrogen and oxygen atoms in total. The van der Waals surface area contributed by atoms with Crippen LogP contribution in [0.4, 0.5) is 0 Å².